The van der Waals surface area contributed by atoms with E-state index in [2.05, 4.69) is 16.0 Å². The summed E-state index contributed by atoms with van der Waals surface area (Å²) in [6.45, 7) is 12.9. The number of aromatic nitrogens is 5. The van der Waals surface area contributed by atoms with Crippen LogP contribution in [-0.4, -0.2) is 35.3 Å². The second-order valence-electron chi connectivity index (χ2n) is 13.8. The maximum absolute atomic E-state index is 14.4. The van der Waals surface area contributed by atoms with E-state index in [-0.39, 0.29) is 16.4 Å². The number of phosphoric acid groups is 1. The molecule has 0 saturated carbocycles. The molecule has 4 aromatic heterocycles. The van der Waals surface area contributed by atoms with Crippen molar-refractivity contribution >= 4 is 35.6 Å². The predicted molar refractivity (Wildman–Crippen MR) is 184 cm³/mol. The Kier molecular flexibility index (Phi) is 8.92. The van der Waals surface area contributed by atoms with Crippen LogP contribution in [0.1, 0.15) is 61.0 Å². The Labute approximate surface area is 277 Å². The molecular formula is C34H38N7O6P. The summed E-state index contributed by atoms with van der Waals surface area (Å²) in [5.41, 5.74) is 4.75. The molecule has 13 nitrogen and oxygen atoms in total. The maximum atomic E-state index is 14.4. The van der Waals surface area contributed by atoms with E-state index in [0.29, 0.717) is 28.3 Å². The van der Waals surface area contributed by atoms with Crippen LogP contribution >= 0.6 is 7.82 Å². The van der Waals surface area contributed by atoms with Crippen molar-refractivity contribution in [2.24, 2.45) is 0 Å². The molecule has 0 radical (unpaired) electrons. The lowest BCUT2D eigenvalue weighted by Gasteiger charge is -2.30. The molecule has 0 aliphatic carbocycles. The molecule has 0 aliphatic rings. The summed E-state index contributed by atoms with van der Waals surface area (Å²) < 4.78 is 33.1. The second kappa shape index (κ2) is 12.4. The number of phosphoric ester groups is 1. The summed E-state index contributed by atoms with van der Waals surface area (Å²) in [6.07, 6.45) is 2.94. The first-order valence-corrected chi connectivity index (χ1v) is 16.6. The van der Waals surface area contributed by atoms with Crippen LogP contribution in [-0.2, 0) is 30.3 Å². The molecular weight excluding hydrogens is 633 g/mol. The standard InChI is InChI=1S/C34H38N7O6P/c1-32(2,3)46-48(44,47-33(4,5)6)45-20-40-30(42)24-18-37-26-15-14-25(21-9-16-27(36)38-17-21)39-28(26)29(24)41(31(40)43)23-12-10-22(11-13-23)34(7,8)19-35/h9-18H,20H2,1-8H3,(H2,36,38). The fourth-order valence-electron chi connectivity index (χ4n) is 4.92. The summed E-state index contributed by atoms with van der Waals surface area (Å²) in [5.74, 6) is 0.344. The number of nitriles is 1. The molecule has 48 heavy (non-hydrogen) atoms. The van der Waals surface area contributed by atoms with Gasteiger partial charge in [0.2, 0.25) is 0 Å². The number of hydrogen-bond acceptors (Lipinski definition) is 11. The summed E-state index contributed by atoms with van der Waals surface area (Å²) in [6, 6.07) is 16.0. The lowest BCUT2D eigenvalue weighted by Crippen LogP contribution is -2.40. The third-order valence-corrected chi connectivity index (χ3v) is 9.11. The third-order valence-electron chi connectivity index (χ3n) is 7.13. The Morgan fingerprint density at radius 3 is 2.08 bits per heavy atom. The average molecular weight is 672 g/mol. The predicted octanol–water partition coefficient (Wildman–Crippen LogP) is 6.25. The van der Waals surface area contributed by atoms with Crippen molar-refractivity contribution in [1.29, 1.82) is 5.26 Å². The van der Waals surface area contributed by atoms with Gasteiger partial charge in [0.25, 0.3) is 5.56 Å². The van der Waals surface area contributed by atoms with E-state index in [1.165, 1.54) is 10.8 Å². The molecule has 4 heterocycles. The van der Waals surface area contributed by atoms with Gasteiger partial charge < -0.3 is 5.73 Å². The zero-order valence-corrected chi connectivity index (χ0v) is 29.0. The van der Waals surface area contributed by atoms with Gasteiger partial charge >= 0.3 is 13.5 Å². The van der Waals surface area contributed by atoms with Crippen molar-refractivity contribution in [1.82, 2.24) is 24.1 Å². The first-order valence-electron chi connectivity index (χ1n) is 15.2. The van der Waals surface area contributed by atoms with Gasteiger partial charge in [0.15, 0.2) is 0 Å². The van der Waals surface area contributed by atoms with Crippen LogP contribution in [0.3, 0.4) is 0 Å². The van der Waals surface area contributed by atoms with E-state index in [9.17, 15) is 19.4 Å². The van der Waals surface area contributed by atoms with Crippen LogP contribution in [0, 0.1) is 11.3 Å². The van der Waals surface area contributed by atoms with Crippen LogP contribution in [0.2, 0.25) is 0 Å². The minimum atomic E-state index is -4.31. The minimum Gasteiger partial charge on any atom is -0.384 e. The highest BCUT2D eigenvalue weighted by Crippen LogP contribution is 2.55. The van der Waals surface area contributed by atoms with E-state index in [1.54, 1.807) is 110 Å². The number of nitrogens with two attached hydrogens (primary N) is 1. The van der Waals surface area contributed by atoms with Gasteiger partial charge in [-0.2, -0.15) is 5.26 Å². The highest BCUT2D eigenvalue weighted by molar-refractivity contribution is 7.48. The topological polar surface area (TPSA) is 177 Å². The van der Waals surface area contributed by atoms with Gasteiger partial charge in [0.05, 0.1) is 50.5 Å². The molecule has 0 fully saturated rings. The molecule has 0 atom stereocenters. The SMILES string of the molecule is CC(C)(C)OP(=O)(OCn1c(=O)c2cnc3ccc(-c4ccc(N)nc4)nc3c2n(-c2ccc(C(C)(C)C#N)cc2)c1=O)OC(C)(C)C. The van der Waals surface area contributed by atoms with Crippen molar-refractivity contribution < 1.29 is 18.1 Å². The maximum Gasteiger partial charge on any atom is 0.477 e. The summed E-state index contributed by atoms with van der Waals surface area (Å²) in [5, 5.41) is 9.73. The van der Waals surface area contributed by atoms with Crippen LogP contribution in [0.5, 0.6) is 0 Å². The van der Waals surface area contributed by atoms with Crippen molar-refractivity contribution in [3.63, 3.8) is 0 Å². The molecule has 14 heteroatoms. The monoisotopic (exact) mass is 671 g/mol. The number of pyridine rings is 3. The molecule has 250 valence electrons. The summed E-state index contributed by atoms with van der Waals surface area (Å²) >= 11 is 0. The summed E-state index contributed by atoms with van der Waals surface area (Å²) in [4.78, 5) is 41.9. The van der Waals surface area contributed by atoms with Crippen LogP contribution in [0.25, 0.3) is 38.9 Å². The molecule has 5 rings (SSSR count). The van der Waals surface area contributed by atoms with Crippen LogP contribution in [0.15, 0.2) is 70.5 Å². The van der Waals surface area contributed by atoms with E-state index < -0.39 is 42.4 Å². The first-order chi connectivity index (χ1) is 22.3. The smallest absolute Gasteiger partial charge is 0.384 e. The number of nitrogen functional groups attached to an aromatic ring is 1. The number of fused-ring (bicyclic) bond motifs is 3. The van der Waals surface area contributed by atoms with Gasteiger partial charge in [0.1, 0.15) is 18.1 Å². The molecule has 0 saturated heterocycles. The Balaban J connectivity index is 1.77. The van der Waals surface area contributed by atoms with Gasteiger partial charge in [-0.05, 0) is 97.4 Å². The Morgan fingerprint density at radius 2 is 1.52 bits per heavy atom. The average Bonchev–Trinajstić information content (AvgIpc) is 2.99. The Hall–Kier alpha value is -4.73. The number of anilines is 1. The Bertz CT molecular complexity index is 2200. The quantitative estimate of drug-likeness (QED) is 0.146. The number of nitrogens with zero attached hydrogens (tertiary/aromatic N) is 6. The van der Waals surface area contributed by atoms with Gasteiger partial charge in [-0.15, -0.1) is 0 Å². The third kappa shape index (κ3) is 7.22. The van der Waals surface area contributed by atoms with E-state index in [0.717, 1.165) is 10.1 Å². The first kappa shape index (κ1) is 34.6. The number of benzene rings is 1. The highest BCUT2D eigenvalue weighted by atomic mass is 31.2. The van der Waals surface area contributed by atoms with Crippen LogP contribution in [0.4, 0.5) is 5.82 Å². The van der Waals surface area contributed by atoms with E-state index in [4.69, 9.17) is 24.3 Å². The number of hydrogen-bond donors (Lipinski definition) is 1. The Morgan fingerprint density at radius 1 is 0.875 bits per heavy atom. The molecule has 0 aliphatic heterocycles. The number of rotatable bonds is 8. The van der Waals surface area contributed by atoms with Gasteiger partial charge in [-0.3, -0.25) is 27.9 Å². The van der Waals surface area contributed by atoms with Crippen LogP contribution < -0.4 is 17.0 Å². The lowest BCUT2D eigenvalue weighted by atomic mass is 9.86. The van der Waals surface area contributed by atoms with Gasteiger partial charge in [0, 0.05) is 18.0 Å². The van der Waals surface area contributed by atoms with Crippen molar-refractivity contribution in [3.05, 3.63) is 87.3 Å². The molecule has 0 bridgehead atoms. The molecule has 2 N–H and O–H groups in total. The van der Waals surface area contributed by atoms with Crippen molar-refractivity contribution in [2.45, 2.75) is 78.7 Å². The lowest BCUT2D eigenvalue weighted by molar-refractivity contribution is -0.00700. The fraction of sp³-hybridized carbons (Fsp3) is 0.353. The second-order valence-corrected chi connectivity index (χ2v) is 15.3. The molecule has 1 aromatic carbocycles. The van der Waals surface area contributed by atoms with Gasteiger partial charge in [-0.1, -0.05) is 12.1 Å². The summed E-state index contributed by atoms with van der Waals surface area (Å²) in [7, 11) is -4.31. The fourth-order valence-corrected chi connectivity index (χ4v) is 6.66. The van der Waals surface area contributed by atoms with E-state index >= 15 is 0 Å². The zero-order chi connectivity index (χ0) is 35.2. The highest BCUT2D eigenvalue weighted by Gasteiger charge is 2.38. The van der Waals surface area contributed by atoms with E-state index in [1.807, 2.05) is 0 Å². The molecule has 0 amide bonds. The van der Waals surface area contributed by atoms with Gasteiger partial charge in [-0.25, -0.2) is 23.9 Å². The molecule has 0 unspecified atom stereocenters. The molecule has 0 spiro atoms. The van der Waals surface area contributed by atoms with Crippen molar-refractivity contribution in [3.8, 4) is 23.0 Å². The zero-order valence-electron chi connectivity index (χ0n) is 28.1. The largest absolute Gasteiger partial charge is 0.477 e. The molecule has 5 aromatic rings. The minimum absolute atomic E-state index is 0.0514. The van der Waals surface area contributed by atoms with Crippen molar-refractivity contribution in [2.75, 3.05) is 5.73 Å². The normalized spacial score (nSPS) is 12.8.